The number of rotatable bonds is 7. The van der Waals surface area contributed by atoms with Crippen molar-refractivity contribution in [2.45, 2.75) is 6.92 Å². The lowest BCUT2D eigenvalue weighted by Gasteiger charge is -2.12. The van der Waals surface area contributed by atoms with Crippen molar-refractivity contribution >= 4 is 35.1 Å². The van der Waals surface area contributed by atoms with Gasteiger partial charge < -0.3 is 20.3 Å². The number of nitrogens with one attached hydrogen (secondary N) is 1. The van der Waals surface area contributed by atoms with Crippen LogP contribution in [0.2, 0.25) is 5.02 Å². The quantitative estimate of drug-likeness (QED) is 0.389. The SMILES string of the molecule is C/C(O)=C(\C=Nc1ccccc1Cl)C(=O)Nc1ccccc1OCCO. The van der Waals surface area contributed by atoms with Gasteiger partial charge in [-0.15, -0.1) is 0 Å². The van der Waals surface area contributed by atoms with E-state index in [1.54, 1.807) is 48.5 Å². The molecule has 26 heavy (non-hydrogen) atoms. The molecule has 0 aliphatic carbocycles. The van der Waals surface area contributed by atoms with E-state index in [2.05, 4.69) is 10.3 Å². The van der Waals surface area contributed by atoms with Crippen molar-refractivity contribution in [3.8, 4) is 5.75 Å². The minimum atomic E-state index is -0.555. The summed E-state index contributed by atoms with van der Waals surface area (Å²) in [5, 5.41) is 21.8. The number of aliphatic hydroxyl groups is 2. The van der Waals surface area contributed by atoms with Gasteiger partial charge in [-0.2, -0.15) is 0 Å². The highest BCUT2D eigenvalue weighted by Crippen LogP contribution is 2.25. The lowest BCUT2D eigenvalue weighted by Crippen LogP contribution is -2.17. The summed E-state index contributed by atoms with van der Waals surface area (Å²) in [4.78, 5) is 16.7. The van der Waals surface area contributed by atoms with Gasteiger partial charge in [-0.05, 0) is 31.2 Å². The topological polar surface area (TPSA) is 91.2 Å². The molecule has 136 valence electrons. The fourth-order valence-corrected chi connectivity index (χ4v) is 2.23. The van der Waals surface area contributed by atoms with Crippen LogP contribution < -0.4 is 10.1 Å². The van der Waals surface area contributed by atoms with Crippen LogP contribution in [0.15, 0.2) is 64.9 Å². The van der Waals surface area contributed by atoms with Gasteiger partial charge in [0.25, 0.3) is 5.91 Å². The summed E-state index contributed by atoms with van der Waals surface area (Å²) in [7, 11) is 0. The molecule has 0 unspecified atom stereocenters. The second-order valence-electron chi connectivity index (χ2n) is 5.23. The summed E-state index contributed by atoms with van der Waals surface area (Å²) >= 11 is 6.04. The number of hydrogen-bond acceptors (Lipinski definition) is 5. The number of para-hydroxylation sites is 3. The van der Waals surface area contributed by atoms with Gasteiger partial charge in [0.2, 0.25) is 0 Å². The smallest absolute Gasteiger partial charge is 0.260 e. The van der Waals surface area contributed by atoms with E-state index in [1.165, 1.54) is 13.1 Å². The zero-order valence-electron chi connectivity index (χ0n) is 14.1. The molecule has 0 atom stereocenters. The Morgan fingerprint density at radius 2 is 1.92 bits per heavy atom. The number of aliphatic hydroxyl groups excluding tert-OH is 2. The molecule has 0 bridgehead atoms. The molecule has 0 saturated carbocycles. The maximum Gasteiger partial charge on any atom is 0.260 e. The Morgan fingerprint density at radius 1 is 1.23 bits per heavy atom. The number of benzene rings is 2. The van der Waals surface area contributed by atoms with E-state index in [0.29, 0.717) is 22.1 Å². The summed E-state index contributed by atoms with van der Waals surface area (Å²) in [5.41, 5.74) is 0.880. The van der Waals surface area contributed by atoms with Gasteiger partial charge in [0.1, 0.15) is 18.1 Å². The fourth-order valence-electron chi connectivity index (χ4n) is 2.05. The lowest BCUT2D eigenvalue weighted by molar-refractivity contribution is -0.112. The van der Waals surface area contributed by atoms with Crippen molar-refractivity contribution in [1.82, 2.24) is 0 Å². The van der Waals surface area contributed by atoms with E-state index in [0.717, 1.165) is 0 Å². The van der Waals surface area contributed by atoms with Crippen molar-refractivity contribution < 1.29 is 19.7 Å². The first-order valence-electron chi connectivity index (χ1n) is 7.85. The number of ether oxygens (including phenoxy) is 1. The average Bonchev–Trinajstić information content (AvgIpc) is 2.62. The summed E-state index contributed by atoms with van der Waals surface area (Å²) < 4.78 is 5.38. The van der Waals surface area contributed by atoms with Crippen LogP contribution in [-0.4, -0.2) is 35.5 Å². The van der Waals surface area contributed by atoms with Crippen molar-refractivity contribution in [3.63, 3.8) is 0 Å². The molecule has 0 aliphatic heterocycles. The van der Waals surface area contributed by atoms with E-state index in [-0.39, 0.29) is 24.5 Å². The number of amides is 1. The number of anilines is 1. The van der Waals surface area contributed by atoms with Crippen LogP contribution in [0.1, 0.15) is 6.92 Å². The Kier molecular flexibility index (Phi) is 7.20. The maximum atomic E-state index is 12.5. The van der Waals surface area contributed by atoms with Crippen LogP contribution in [0.25, 0.3) is 0 Å². The van der Waals surface area contributed by atoms with E-state index in [4.69, 9.17) is 21.4 Å². The van der Waals surface area contributed by atoms with E-state index < -0.39 is 5.91 Å². The molecule has 1 amide bonds. The standard InChI is InChI=1S/C19H19ClN2O4/c1-13(24)14(12-21-16-7-3-2-6-15(16)20)19(25)22-17-8-4-5-9-18(17)26-11-10-23/h2-9,12,23-24H,10-11H2,1H3,(H,22,25)/b14-13-,21-12?. The first-order valence-corrected chi connectivity index (χ1v) is 8.23. The predicted molar refractivity (Wildman–Crippen MR) is 103 cm³/mol. The first kappa shape index (κ1) is 19.5. The zero-order chi connectivity index (χ0) is 18.9. The third kappa shape index (κ3) is 5.34. The van der Waals surface area contributed by atoms with Crippen LogP contribution >= 0.6 is 11.6 Å². The van der Waals surface area contributed by atoms with E-state index in [9.17, 15) is 9.90 Å². The average molecular weight is 375 g/mol. The number of halogens is 1. The number of hydrogen-bond donors (Lipinski definition) is 3. The molecule has 0 heterocycles. The summed E-state index contributed by atoms with van der Waals surface area (Å²) in [6.07, 6.45) is 1.25. The molecule has 0 saturated heterocycles. The number of aliphatic imine (C=N–C) groups is 1. The monoisotopic (exact) mass is 374 g/mol. The van der Waals surface area contributed by atoms with Crippen LogP contribution in [0.3, 0.4) is 0 Å². The van der Waals surface area contributed by atoms with Crippen LogP contribution in [-0.2, 0) is 4.79 Å². The largest absolute Gasteiger partial charge is 0.512 e. The molecule has 0 aliphatic rings. The normalized spacial score (nSPS) is 12.0. The van der Waals surface area contributed by atoms with Crippen molar-refractivity contribution in [2.75, 3.05) is 18.5 Å². The molecule has 0 aromatic heterocycles. The minimum Gasteiger partial charge on any atom is -0.512 e. The fraction of sp³-hybridized carbons (Fsp3) is 0.158. The lowest BCUT2D eigenvalue weighted by atomic mass is 10.2. The van der Waals surface area contributed by atoms with Gasteiger partial charge in [0.15, 0.2) is 0 Å². The molecular formula is C19H19ClN2O4. The second kappa shape index (κ2) is 9.60. The number of carbonyl (C=O) groups excluding carboxylic acids is 1. The van der Waals surface area contributed by atoms with Gasteiger partial charge in [0, 0.05) is 6.21 Å². The zero-order valence-corrected chi connectivity index (χ0v) is 14.9. The molecule has 2 aromatic rings. The second-order valence-corrected chi connectivity index (χ2v) is 5.64. The van der Waals surface area contributed by atoms with Gasteiger partial charge in [-0.1, -0.05) is 35.9 Å². The third-order valence-corrected chi connectivity index (χ3v) is 3.62. The van der Waals surface area contributed by atoms with Crippen LogP contribution in [0, 0.1) is 0 Å². The van der Waals surface area contributed by atoms with E-state index >= 15 is 0 Å². The Hall–Kier alpha value is -2.83. The van der Waals surface area contributed by atoms with Crippen molar-refractivity contribution in [2.24, 2.45) is 4.99 Å². The first-order chi connectivity index (χ1) is 12.5. The van der Waals surface area contributed by atoms with Crippen molar-refractivity contribution in [1.29, 1.82) is 0 Å². The molecule has 6 nitrogen and oxygen atoms in total. The number of allylic oxidation sites excluding steroid dienone is 1. The Labute approximate surface area is 156 Å². The van der Waals surface area contributed by atoms with Gasteiger partial charge >= 0.3 is 0 Å². The highest BCUT2D eigenvalue weighted by molar-refractivity contribution is 6.33. The number of carbonyl (C=O) groups is 1. The Balaban J connectivity index is 2.21. The molecule has 0 spiro atoms. The molecule has 3 N–H and O–H groups in total. The van der Waals surface area contributed by atoms with Gasteiger partial charge in [-0.25, -0.2) is 0 Å². The summed E-state index contributed by atoms with van der Waals surface area (Å²) in [6.45, 7) is 1.35. The highest BCUT2D eigenvalue weighted by atomic mass is 35.5. The molecule has 0 radical (unpaired) electrons. The minimum absolute atomic E-state index is 0.0121. The molecule has 2 aromatic carbocycles. The molecule has 0 fully saturated rings. The summed E-state index contributed by atoms with van der Waals surface area (Å²) in [5.74, 6) is -0.333. The van der Waals surface area contributed by atoms with E-state index in [1.807, 2.05) is 0 Å². The third-order valence-electron chi connectivity index (χ3n) is 3.30. The molecule has 2 rings (SSSR count). The highest BCUT2D eigenvalue weighted by Gasteiger charge is 2.14. The predicted octanol–water partition coefficient (Wildman–Crippen LogP) is 3.88. The Bertz CT molecular complexity index is 830. The maximum absolute atomic E-state index is 12.5. The van der Waals surface area contributed by atoms with Gasteiger partial charge in [-0.3, -0.25) is 9.79 Å². The van der Waals surface area contributed by atoms with Crippen LogP contribution in [0.4, 0.5) is 11.4 Å². The van der Waals surface area contributed by atoms with Crippen LogP contribution in [0.5, 0.6) is 5.75 Å². The molecular weight excluding hydrogens is 356 g/mol. The Morgan fingerprint density at radius 3 is 2.62 bits per heavy atom. The van der Waals surface area contributed by atoms with Gasteiger partial charge in [0.05, 0.1) is 28.6 Å². The number of nitrogens with zero attached hydrogens (tertiary/aromatic N) is 1. The molecule has 7 heteroatoms. The van der Waals surface area contributed by atoms with Crippen molar-refractivity contribution in [3.05, 3.63) is 64.9 Å². The summed E-state index contributed by atoms with van der Waals surface area (Å²) in [6, 6.07) is 13.7.